The Labute approximate surface area is 115 Å². The Bertz CT molecular complexity index is 579. The van der Waals surface area contributed by atoms with Crippen molar-refractivity contribution < 1.29 is 4.79 Å². The molecule has 0 radical (unpaired) electrons. The molecule has 0 aliphatic rings. The van der Waals surface area contributed by atoms with Crippen molar-refractivity contribution in [3.8, 4) is 0 Å². The highest BCUT2D eigenvalue weighted by atomic mass is 35.5. The third kappa shape index (κ3) is 3.00. The SMILES string of the molecule is Cc1cc(Cl)cc(C(=O)Nc2cccnc2Cl)c1. The minimum atomic E-state index is -0.268. The Balaban J connectivity index is 2.25. The zero-order valence-corrected chi connectivity index (χ0v) is 11.1. The summed E-state index contributed by atoms with van der Waals surface area (Å²) in [4.78, 5) is 15.9. The number of halogens is 2. The highest BCUT2D eigenvalue weighted by molar-refractivity contribution is 6.33. The van der Waals surface area contributed by atoms with E-state index in [0.29, 0.717) is 16.3 Å². The van der Waals surface area contributed by atoms with Crippen molar-refractivity contribution in [3.05, 3.63) is 57.8 Å². The third-order valence-electron chi connectivity index (χ3n) is 2.31. The third-order valence-corrected chi connectivity index (χ3v) is 2.83. The van der Waals surface area contributed by atoms with Crippen LogP contribution in [0.25, 0.3) is 0 Å². The Morgan fingerprint density at radius 3 is 2.72 bits per heavy atom. The molecule has 1 aromatic carbocycles. The van der Waals surface area contributed by atoms with Gasteiger partial charge in [-0.15, -0.1) is 0 Å². The molecule has 3 nitrogen and oxygen atoms in total. The molecule has 1 aromatic heterocycles. The summed E-state index contributed by atoms with van der Waals surface area (Å²) in [6, 6.07) is 8.53. The molecule has 1 amide bonds. The number of benzene rings is 1. The maximum atomic E-state index is 12.0. The maximum absolute atomic E-state index is 12.0. The van der Waals surface area contributed by atoms with Crippen LogP contribution in [-0.4, -0.2) is 10.9 Å². The molecule has 0 aliphatic carbocycles. The Hall–Kier alpha value is -1.58. The molecule has 0 atom stereocenters. The van der Waals surface area contributed by atoms with Gasteiger partial charge in [0, 0.05) is 16.8 Å². The fraction of sp³-hybridized carbons (Fsp3) is 0.0769. The largest absolute Gasteiger partial charge is 0.319 e. The number of anilines is 1. The van der Waals surface area contributed by atoms with Crippen LogP contribution in [0, 0.1) is 6.92 Å². The van der Waals surface area contributed by atoms with Gasteiger partial charge in [-0.1, -0.05) is 23.2 Å². The molecule has 5 heteroatoms. The van der Waals surface area contributed by atoms with Crippen molar-refractivity contribution in [2.24, 2.45) is 0 Å². The topological polar surface area (TPSA) is 42.0 Å². The number of pyridine rings is 1. The van der Waals surface area contributed by atoms with Gasteiger partial charge in [-0.2, -0.15) is 0 Å². The molecule has 92 valence electrons. The number of amides is 1. The number of nitrogens with zero attached hydrogens (tertiary/aromatic N) is 1. The molecular formula is C13H10Cl2N2O. The fourth-order valence-electron chi connectivity index (χ4n) is 1.54. The van der Waals surface area contributed by atoms with E-state index in [9.17, 15) is 4.79 Å². The van der Waals surface area contributed by atoms with E-state index < -0.39 is 0 Å². The lowest BCUT2D eigenvalue weighted by atomic mass is 10.1. The lowest BCUT2D eigenvalue weighted by Crippen LogP contribution is -2.12. The molecule has 2 rings (SSSR count). The summed E-state index contributed by atoms with van der Waals surface area (Å²) in [6.45, 7) is 1.87. The molecule has 0 spiro atoms. The van der Waals surface area contributed by atoms with Gasteiger partial charge in [0.1, 0.15) is 0 Å². The summed E-state index contributed by atoms with van der Waals surface area (Å²) >= 11 is 11.8. The molecule has 0 unspecified atom stereocenters. The van der Waals surface area contributed by atoms with Gasteiger partial charge in [0.15, 0.2) is 5.15 Å². The molecular weight excluding hydrogens is 271 g/mol. The van der Waals surface area contributed by atoms with Gasteiger partial charge in [-0.25, -0.2) is 4.98 Å². The number of hydrogen-bond acceptors (Lipinski definition) is 2. The van der Waals surface area contributed by atoms with Crippen molar-refractivity contribution in [3.63, 3.8) is 0 Å². The van der Waals surface area contributed by atoms with Crippen molar-refractivity contribution in [1.29, 1.82) is 0 Å². The highest BCUT2D eigenvalue weighted by Crippen LogP contribution is 2.20. The van der Waals surface area contributed by atoms with Gasteiger partial charge < -0.3 is 5.32 Å². The molecule has 1 heterocycles. The van der Waals surface area contributed by atoms with Gasteiger partial charge in [0.25, 0.3) is 5.91 Å². The summed E-state index contributed by atoms with van der Waals surface area (Å²) in [7, 11) is 0. The monoisotopic (exact) mass is 280 g/mol. The van der Waals surface area contributed by atoms with Crippen molar-refractivity contribution in [2.45, 2.75) is 6.92 Å². The quantitative estimate of drug-likeness (QED) is 0.847. The average Bonchev–Trinajstić information content (AvgIpc) is 2.31. The van der Waals surface area contributed by atoms with Crippen LogP contribution in [0.15, 0.2) is 36.5 Å². The van der Waals surface area contributed by atoms with E-state index in [1.54, 1.807) is 36.5 Å². The molecule has 18 heavy (non-hydrogen) atoms. The predicted octanol–water partition coefficient (Wildman–Crippen LogP) is 3.95. The Morgan fingerprint density at radius 1 is 1.28 bits per heavy atom. The van der Waals surface area contributed by atoms with E-state index in [0.717, 1.165) is 5.56 Å². The zero-order valence-electron chi connectivity index (χ0n) is 9.58. The summed E-state index contributed by atoms with van der Waals surface area (Å²) in [5.74, 6) is -0.268. The first-order chi connectivity index (χ1) is 8.56. The number of nitrogens with one attached hydrogen (secondary N) is 1. The molecule has 2 aromatic rings. The average molecular weight is 281 g/mol. The van der Waals surface area contributed by atoms with Gasteiger partial charge in [0.05, 0.1) is 5.69 Å². The normalized spacial score (nSPS) is 10.2. The van der Waals surface area contributed by atoms with Gasteiger partial charge in [0.2, 0.25) is 0 Å². The van der Waals surface area contributed by atoms with Crippen LogP contribution in [0.5, 0.6) is 0 Å². The lowest BCUT2D eigenvalue weighted by Gasteiger charge is -2.07. The first-order valence-electron chi connectivity index (χ1n) is 5.25. The van der Waals surface area contributed by atoms with Crippen LogP contribution in [0.1, 0.15) is 15.9 Å². The molecule has 0 fully saturated rings. The van der Waals surface area contributed by atoms with Crippen molar-refractivity contribution in [1.82, 2.24) is 4.98 Å². The smallest absolute Gasteiger partial charge is 0.255 e. The molecule has 0 saturated carbocycles. The Morgan fingerprint density at radius 2 is 2.06 bits per heavy atom. The van der Waals surface area contributed by atoms with Crippen LogP contribution in [0.4, 0.5) is 5.69 Å². The standard InChI is InChI=1S/C13H10Cl2N2O/c1-8-5-9(7-10(14)6-8)13(18)17-11-3-2-4-16-12(11)15/h2-7H,1H3,(H,17,18). The summed E-state index contributed by atoms with van der Waals surface area (Å²) < 4.78 is 0. The van der Waals surface area contributed by atoms with Crippen molar-refractivity contribution >= 4 is 34.8 Å². The predicted molar refractivity (Wildman–Crippen MR) is 73.4 cm³/mol. The van der Waals surface area contributed by atoms with E-state index in [-0.39, 0.29) is 11.1 Å². The first-order valence-corrected chi connectivity index (χ1v) is 6.01. The van der Waals surface area contributed by atoms with Gasteiger partial charge in [-0.3, -0.25) is 4.79 Å². The summed E-state index contributed by atoms with van der Waals surface area (Å²) in [6.07, 6.45) is 1.56. The summed E-state index contributed by atoms with van der Waals surface area (Å²) in [5, 5.41) is 3.47. The summed E-state index contributed by atoms with van der Waals surface area (Å²) in [5.41, 5.74) is 1.88. The number of aromatic nitrogens is 1. The molecule has 0 saturated heterocycles. The maximum Gasteiger partial charge on any atom is 0.255 e. The minimum Gasteiger partial charge on any atom is -0.319 e. The zero-order chi connectivity index (χ0) is 13.1. The number of aryl methyl sites for hydroxylation is 1. The number of hydrogen-bond donors (Lipinski definition) is 1. The number of rotatable bonds is 2. The molecule has 1 N–H and O–H groups in total. The van der Waals surface area contributed by atoms with E-state index in [2.05, 4.69) is 10.3 Å². The highest BCUT2D eigenvalue weighted by Gasteiger charge is 2.09. The van der Waals surface area contributed by atoms with E-state index in [1.807, 2.05) is 6.92 Å². The number of carbonyl (C=O) groups excluding carboxylic acids is 1. The Kier molecular flexibility index (Phi) is 3.84. The van der Waals surface area contributed by atoms with E-state index in [1.165, 1.54) is 0 Å². The molecule has 0 aliphatic heterocycles. The van der Waals surface area contributed by atoms with Gasteiger partial charge in [-0.05, 0) is 42.8 Å². The molecule has 0 bridgehead atoms. The minimum absolute atomic E-state index is 0.254. The second-order valence-corrected chi connectivity index (χ2v) is 4.61. The van der Waals surface area contributed by atoms with E-state index >= 15 is 0 Å². The second kappa shape index (κ2) is 5.38. The lowest BCUT2D eigenvalue weighted by molar-refractivity contribution is 0.102. The van der Waals surface area contributed by atoms with Crippen LogP contribution in [-0.2, 0) is 0 Å². The number of carbonyl (C=O) groups is 1. The second-order valence-electron chi connectivity index (χ2n) is 3.81. The van der Waals surface area contributed by atoms with Crippen LogP contribution >= 0.6 is 23.2 Å². The van der Waals surface area contributed by atoms with Crippen molar-refractivity contribution in [2.75, 3.05) is 5.32 Å². The van der Waals surface area contributed by atoms with Gasteiger partial charge >= 0.3 is 0 Å². The van der Waals surface area contributed by atoms with Crippen LogP contribution in [0.2, 0.25) is 10.2 Å². The fourth-order valence-corrected chi connectivity index (χ4v) is 2.00. The van der Waals surface area contributed by atoms with E-state index in [4.69, 9.17) is 23.2 Å². The van der Waals surface area contributed by atoms with Crippen LogP contribution < -0.4 is 5.32 Å². The first kappa shape index (κ1) is 12.9. The van der Waals surface area contributed by atoms with Crippen LogP contribution in [0.3, 0.4) is 0 Å².